The number of nitrogens with zero attached hydrogens (tertiary/aromatic N) is 8. The van der Waals surface area contributed by atoms with Gasteiger partial charge in [-0.2, -0.15) is 0 Å². The molecule has 2 aliphatic heterocycles. The van der Waals surface area contributed by atoms with Crippen molar-refractivity contribution in [3.63, 3.8) is 0 Å². The summed E-state index contributed by atoms with van der Waals surface area (Å²) in [5.41, 5.74) is -0.790. The third kappa shape index (κ3) is 32.3. The predicted molar refractivity (Wildman–Crippen MR) is 251 cm³/mol. The summed E-state index contributed by atoms with van der Waals surface area (Å²) in [5.74, 6) is -5.34. The highest BCUT2D eigenvalue weighted by Gasteiger charge is 2.29. The fraction of sp³-hybridized carbons (Fsp3) is 0.837. The predicted octanol–water partition coefficient (Wildman–Crippen LogP) is -2.20. The van der Waals surface area contributed by atoms with E-state index in [-0.39, 0.29) is 89.2 Å². The van der Waals surface area contributed by atoms with E-state index in [2.05, 4.69) is 25.3 Å². The van der Waals surface area contributed by atoms with Crippen molar-refractivity contribution in [3.05, 3.63) is 0 Å². The lowest BCUT2D eigenvalue weighted by atomic mass is 10.1. The topological polar surface area (TPSA) is 330 Å². The van der Waals surface area contributed by atoms with Crippen LogP contribution in [0.5, 0.6) is 0 Å². The van der Waals surface area contributed by atoms with Crippen molar-refractivity contribution in [2.45, 2.75) is 71.5 Å². The molecule has 1 unspecified atom stereocenters. The third-order valence-electron chi connectivity index (χ3n) is 11.0. The van der Waals surface area contributed by atoms with Gasteiger partial charge in [-0.15, -0.1) is 0 Å². The zero-order valence-corrected chi connectivity index (χ0v) is 41.6. The van der Waals surface area contributed by atoms with E-state index >= 15 is 0 Å². The lowest BCUT2D eigenvalue weighted by molar-refractivity contribution is -0.244. The highest BCUT2D eigenvalue weighted by atomic mass is 17.1. The quantitative estimate of drug-likeness (QED) is 0.0435. The summed E-state index contributed by atoms with van der Waals surface area (Å²) in [6.45, 7) is 18.2. The molecule has 0 radical (unpaired) electrons. The highest BCUT2D eigenvalue weighted by Crippen LogP contribution is 2.12. The fourth-order valence-electron chi connectivity index (χ4n) is 7.66. The lowest BCUT2D eigenvalue weighted by Crippen LogP contribution is -2.52. The molecule has 0 aliphatic carbocycles. The second-order valence-corrected chi connectivity index (χ2v) is 19.3. The van der Waals surface area contributed by atoms with Crippen molar-refractivity contribution < 1.29 is 79.4 Å². The van der Waals surface area contributed by atoms with Gasteiger partial charge >= 0.3 is 29.8 Å². The Bertz CT molecular complexity index is 1570. The molecule has 400 valence electrons. The smallest absolute Gasteiger partial charge is 0.320 e. The number of carbonyl (C=O) groups excluding carboxylic acids is 2. The molecule has 0 aromatic rings. The van der Waals surface area contributed by atoms with E-state index in [0.29, 0.717) is 105 Å². The zero-order valence-electron chi connectivity index (χ0n) is 41.6. The number of rotatable bonds is 21. The summed E-state index contributed by atoms with van der Waals surface area (Å²) in [6.07, 6.45) is 0.109. The Labute approximate surface area is 405 Å². The summed E-state index contributed by atoms with van der Waals surface area (Å²) < 4.78 is 0. The molecule has 0 aromatic heterocycles. The van der Waals surface area contributed by atoms with Gasteiger partial charge in [-0.05, 0) is 48.0 Å². The molecule has 0 spiro atoms. The van der Waals surface area contributed by atoms with Crippen LogP contribution in [-0.2, 0) is 43.3 Å². The SMILES string of the molecule is CC(C)(C)NC(=O)CCC(C(=O)O)N1CCN(CCOO)CCN(CC(=O)O)CCN(CC(=O)O)CC1.CC(C)(C)NC(=O)CN1CCN(CCOO)CCN(CC(=O)O)CCN(CC(=O)O)CC1. The van der Waals surface area contributed by atoms with Gasteiger partial charge in [0.1, 0.15) is 6.04 Å². The molecule has 0 aromatic carbocycles. The number of hydrogen-bond acceptors (Lipinski definition) is 19. The van der Waals surface area contributed by atoms with Crippen molar-refractivity contribution >= 4 is 41.7 Å². The monoisotopic (exact) mass is 995 g/mol. The van der Waals surface area contributed by atoms with Crippen LogP contribution in [0.15, 0.2) is 0 Å². The van der Waals surface area contributed by atoms with Gasteiger partial charge in [0.05, 0.1) is 45.9 Å². The molecule has 9 N–H and O–H groups in total. The minimum atomic E-state index is -1.07. The van der Waals surface area contributed by atoms with E-state index in [0.717, 1.165) is 0 Å². The first kappa shape index (κ1) is 62.8. The van der Waals surface area contributed by atoms with E-state index in [1.54, 1.807) is 24.5 Å². The fourth-order valence-corrected chi connectivity index (χ4v) is 7.66. The van der Waals surface area contributed by atoms with E-state index in [1.165, 1.54) is 0 Å². The van der Waals surface area contributed by atoms with Crippen LogP contribution in [0.4, 0.5) is 0 Å². The van der Waals surface area contributed by atoms with E-state index in [4.69, 9.17) is 10.5 Å². The van der Waals surface area contributed by atoms with Crippen LogP contribution < -0.4 is 10.6 Å². The molecule has 26 heteroatoms. The van der Waals surface area contributed by atoms with Crippen LogP contribution in [-0.4, -0.2) is 298 Å². The molecule has 1 atom stereocenters. The Balaban J connectivity index is 0.000000697. The molecule has 2 fully saturated rings. The van der Waals surface area contributed by atoms with Crippen molar-refractivity contribution in [2.24, 2.45) is 0 Å². The number of carbonyl (C=O) groups is 7. The van der Waals surface area contributed by atoms with Gasteiger partial charge in [0.2, 0.25) is 11.8 Å². The molecular weight excluding hydrogens is 913 g/mol. The normalized spacial score (nSPS) is 19.0. The molecule has 0 saturated carbocycles. The third-order valence-corrected chi connectivity index (χ3v) is 11.0. The lowest BCUT2D eigenvalue weighted by Gasteiger charge is -2.35. The Hall–Kier alpha value is -4.19. The average molecular weight is 995 g/mol. The van der Waals surface area contributed by atoms with E-state index in [9.17, 15) is 59.1 Å². The average Bonchev–Trinajstić information content (AvgIpc) is 3.20. The molecule has 2 rings (SSSR count). The Morgan fingerprint density at radius 3 is 1.00 bits per heavy atom. The zero-order chi connectivity index (χ0) is 52.2. The maximum atomic E-state index is 12.5. The van der Waals surface area contributed by atoms with Crippen molar-refractivity contribution in [2.75, 3.05) is 164 Å². The van der Waals surface area contributed by atoms with Crippen LogP contribution in [0.1, 0.15) is 54.4 Å². The number of carboxylic acid groups (broad SMARTS) is 5. The van der Waals surface area contributed by atoms with Crippen molar-refractivity contribution in [1.82, 2.24) is 49.8 Å². The molecule has 0 bridgehead atoms. The van der Waals surface area contributed by atoms with Gasteiger partial charge in [0.25, 0.3) is 0 Å². The summed E-state index contributed by atoms with van der Waals surface area (Å²) in [5, 5.41) is 70.4. The molecule has 2 amide bonds. The number of hydrogen-bond donors (Lipinski definition) is 9. The summed E-state index contributed by atoms with van der Waals surface area (Å²) in [6, 6.07) is -0.959. The molecule has 2 aliphatic rings. The Kier molecular flexibility index (Phi) is 30.4. The second-order valence-electron chi connectivity index (χ2n) is 19.3. The minimum absolute atomic E-state index is 0.0236. The molecular formula is C43H82N10O16. The van der Waals surface area contributed by atoms with Crippen LogP contribution in [0.25, 0.3) is 0 Å². The van der Waals surface area contributed by atoms with Gasteiger partial charge in [-0.3, -0.25) is 83.3 Å². The summed E-state index contributed by atoms with van der Waals surface area (Å²) in [4.78, 5) is 105. The highest BCUT2D eigenvalue weighted by molar-refractivity contribution is 5.79. The largest absolute Gasteiger partial charge is 0.480 e. The Morgan fingerprint density at radius 2 is 0.710 bits per heavy atom. The number of aliphatic carboxylic acids is 5. The molecule has 2 saturated heterocycles. The molecule has 2 heterocycles. The first-order chi connectivity index (χ1) is 32.3. The first-order valence-electron chi connectivity index (χ1n) is 23.3. The molecule has 69 heavy (non-hydrogen) atoms. The minimum Gasteiger partial charge on any atom is -0.480 e. The van der Waals surface area contributed by atoms with Crippen molar-refractivity contribution in [3.8, 4) is 0 Å². The van der Waals surface area contributed by atoms with Gasteiger partial charge in [0.15, 0.2) is 0 Å². The number of nitrogens with one attached hydrogen (secondary N) is 2. The van der Waals surface area contributed by atoms with Crippen LogP contribution >= 0.6 is 0 Å². The van der Waals surface area contributed by atoms with Gasteiger partial charge < -0.3 is 36.2 Å². The van der Waals surface area contributed by atoms with Gasteiger partial charge in [-0.1, -0.05) is 0 Å². The Morgan fingerprint density at radius 1 is 0.435 bits per heavy atom. The maximum Gasteiger partial charge on any atom is 0.320 e. The van der Waals surface area contributed by atoms with Crippen LogP contribution in [0.3, 0.4) is 0 Å². The van der Waals surface area contributed by atoms with Gasteiger partial charge in [0, 0.05) is 135 Å². The van der Waals surface area contributed by atoms with Crippen LogP contribution in [0, 0.1) is 0 Å². The number of amides is 2. The van der Waals surface area contributed by atoms with E-state index in [1.807, 2.05) is 51.3 Å². The van der Waals surface area contributed by atoms with Gasteiger partial charge in [-0.25, -0.2) is 9.78 Å². The van der Waals surface area contributed by atoms with E-state index < -0.39 is 41.4 Å². The second kappa shape index (κ2) is 33.4. The first-order valence-corrected chi connectivity index (χ1v) is 23.3. The van der Waals surface area contributed by atoms with Crippen molar-refractivity contribution in [1.29, 1.82) is 0 Å². The number of carboxylic acids is 5. The summed E-state index contributed by atoms with van der Waals surface area (Å²) >= 11 is 0. The van der Waals surface area contributed by atoms with Crippen LogP contribution in [0.2, 0.25) is 0 Å². The summed E-state index contributed by atoms with van der Waals surface area (Å²) in [7, 11) is 0. The standard InChI is InChI=1S/C23H43N5O9.C20H39N5O7/c1-23(2,3)24-19(29)5-4-18(22(34)35)28-12-10-25(14-15-37-36)6-7-26(16-20(30)31)8-9-27(11-13-28)17-21(32)33;1-20(2,3)21-17(26)14-23-6-4-22(12-13-32-31)5-7-24(15-18(27)28)10-11-25(9-8-23)16-19(29)30/h18,36H,4-17H2,1-3H3,(H,24,29)(H,30,31)(H,32,33)(H,34,35);31H,4-16H2,1-3H3,(H,21,26)(H,27,28)(H,29,30). The maximum absolute atomic E-state index is 12.5. The molecule has 26 nitrogen and oxygen atoms in total.